The molecule has 8 heteroatoms. The standard InChI is InChI=1S/C18H20ClF3N4/c1-25(17-23-9-8-16(24-17)18(20,21)22)14-6-4-10-26(12-14)11-13-5-2-3-7-15(13)19/h2-3,5,7-9,14H,4,6,10-12H2,1H3. The van der Waals surface area contributed by atoms with Crippen LogP contribution in [0.2, 0.25) is 5.02 Å². The lowest BCUT2D eigenvalue weighted by Crippen LogP contribution is -2.46. The maximum atomic E-state index is 12.9. The van der Waals surface area contributed by atoms with Crippen LogP contribution in [0.5, 0.6) is 0 Å². The molecule has 0 amide bonds. The number of rotatable bonds is 4. The minimum absolute atomic E-state index is 0.0507. The third-order valence-electron chi connectivity index (χ3n) is 4.63. The summed E-state index contributed by atoms with van der Waals surface area (Å²) < 4.78 is 38.7. The summed E-state index contributed by atoms with van der Waals surface area (Å²) in [5, 5.41) is 0.726. The molecular weight excluding hydrogens is 365 g/mol. The van der Waals surface area contributed by atoms with E-state index in [9.17, 15) is 13.2 Å². The first-order valence-corrected chi connectivity index (χ1v) is 8.81. The fourth-order valence-corrected chi connectivity index (χ4v) is 3.39. The molecule has 2 heterocycles. The molecule has 0 spiro atoms. The minimum Gasteiger partial charge on any atom is -0.340 e. The van der Waals surface area contributed by atoms with Gasteiger partial charge < -0.3 is 4.90 Å². The van der Waals surface area contributed by atoms with E-state index in [1.54, 1.807) is 11.9 Å². The van der Waals surface area contributed by atoms with E-state index in [2.05, 4.69) is 14.9 Å². The van der Waals surface area contributed by atoms with E-state index in [0.29, 0.717) is 6.54 Å². The molecule has 0 saturated carbocycles. The highest BCUT2D eigenvalue weighted by atomic mass is 35.5. The maximum Gasteiger partial charge on any atom is 0.433 e. The topological polar surface area (TPSA) is 32.3 Å². The van der Waals surface area contributed by atoms with Crippen molar-refractivity contribution in [2.45, 2.75) is 31.6 Å². The van der Waals surface area contributed by atoms with Gasteiger partial charge in [-0.1, -0.05) is 29.8 Å². The van der Waals surface area contributed by atoms with Crippen molar-refractivity contribution >= 4 is 17.5 Å². The Balaban J connectivity index is 1.70. The average Bonchev–Trinajstić information content (AvgIpc) is 2.63. The van der Waals surface area contributed by atoms with Gasteiger partial charge in [0.15, 0.2) is 0 Å². The molecule has 1 atom stereocenters. The van der Waals surface area contributed by atoms with E-state index in [1.165, 1.54) is 0 Å². The average molecular weight is 385 g/mol. The fraction of sp³-hybridized carbons (Fsp3) is 0.444. The van der Waals surface area contributed by atoms with E-state index in [-0.39, 0.29) is 12.0 Å². The number of halogens is 4. The van der Waals surface area contributed by atoms with Crippen LogP contribution in [0.15, 0.2) is 36.5 Å². The summed E-state index contributed by atoms with van der Waals surface area (Å²) >= 11 is 6.23. The highest BCUT2D eigenvalue weighted by Crippen LogP contribution is 2.29. The predicted molar refractivity (Wildman–Crippen MR) is 95.2 cm³/mol. The van der Waals surface area contributed by atoms with Gasteiger partial charge in [0.1, 0.15) is 5.69 Å². The first-order chi connectivity index (χ1) is 12.3. The SMILES string of the molecule is CN(c1nccc(C(F)(F)F)n1)C1CCCN(Cc2ccccc2Cl)C1. The van der Waals surface area contributed by atoms with Crippen molar-refractivity contribution in [3.8, 4) is 0 Å². The summed E-state index contributed by atoms with van der Waals surface area (Å²) in [6.07, 6.45) is -1.47. The normalized spacial score (nSPS) is 18.7. The van der Waals surface area contributed by atoms with Crippen LogP contribution < -0.4 is 4.90 Å². The van der Waals surface area contributed by atoms with Crippen LogP contribution >= 0.6 is 11.6 Å². The lowest BCUT2D eigenvalue weighted by molar-refractivity contribution is -0.141. The molecule has 1 aromatic heterocycles. The van der Waals surface area contributed by atoms with Gasteiger partial charge in [-0.25, -0.2) is 9.97 Å². The third kappa shape index (κ3) is 4.45. The second-order valence-electron chi connectivity index (χ2n) is 6.47. The van der Waals surface area contributed by atoms with Crippen LogP contribution in [-0.2, 0) is 12.7 Å². The summed E-state index contributed by atoms with van der Waals surface area (Å²) in [6.45, 7) is 2.37. The number of hydrogen-bond acceptors (Lipinski definition) is 4. The number of anilines is 1. The zero-order valence-corrected chi connectivity index (χ0v) is 15.1. The van der Waals surface area contributed by atoms with Crippen molar-refractivity contribution in [1.82, 2.24) is 14.9 Å². The second kappa shape index (κ2) is 7.80. The molecule has 1 aliphatic rings. The van der Waals surface area contributed by atoms with Gasteiger partial charge in [-0.2, -0.15) is 13.2 Å². The summed E-state index contributed by atoms with van der Waals surface area (Å²) in [7, 11) is 1.75. The Hall–Kier alpha value is -1.86. The van der Waals surface area contributed by atoms with Gasteiger partial charge in [-0.05, 0) is 37.1 Å². The highest BCUT2D eigenvalue weighted by molar-refractivity contribution is 6.31. The van der Waals surface area contributed by atoms with Gasteiger partial charge in [-0.3, -0.25) is 4.90 Å². The molecule has 26 heavy (non-hydrogen) atoms. The largest absolute Gasteiger partial charge is 0.433 e. The molecule has 140 valence electrons. The van der Waals surface area contributed by atoms with Crippen molar-refractivity contribution in [3.63, 3.8) is 0 Å². The summed E-state index contributed by atoms with van der Waals surface area (Å²) in [6, 6.07) is 8.64. The number of hydrogen-bond donors (Lipinski definition) is 0. The number of benzene rings is 1. The molecule has 3 rings (SSSR count). The Kier molecular flexibility index (Phi) is 5.67. The number of nitrogens with zero attached hydrogens (tertiary/aromatic N) is 4. The number of piperidine rings is 1. The van der Waals surface area contributed by atoms with E-state index in [0.717, 1.165) is 48.8 Å². The first kappa shape index (κ1) is 18.9. The highest BCUT2D eigenvalue weighted by Gasteiger charge is 2.34. The van der Waals surface area contributed by atoms with Crippen LogP contribution in [0.4, 0.5) is 19.1 Å². The molecule has 2 aromatic rings. The van der Waals surface area contributed by atoms with Crippen LogP contribution in [0.25, 0.3) is 0 Å². The van der Waals surface area contributed by atoms with Crippen molar-refractivity contribution in [2.75, 3.05) is 25.0 Å². The van der Waals surface area contributed by atoms with Crippen LogP contribution in [0.1, 0.15) is 24.1 Å². The molecule has 1 aliphatic heterocycles. The van der Waals surface area contributed by atoms with Crippen LogP contribution in [0.3, 0.4) is 0 Å². The van der Waals surface area contributed by atoms with Crippen LogP contribution in [0, 0.1) is 0 Å². The molecule has 0 radical (unpaired) electrons. The summed E-state index contributed by atoms with van der Waals surface area (Å²) in [4.78, 5) is 11.7. The van der Waals surface area contributed by atoms with Crippen molar-refractivity contribution in [2.24, 2.45) is 0 Å². The van der Waals surface area contributed by atoms with Crippen LogP contribution in [-0.4, -0.2) is 41.0 Å². The zero-order chi connectivity index (χ0) is 18.7. The summed E-state index contributed by atoms with van der Waals surface area (Å²) in [5.74, 6) is 0.101. The van der Waals surface area contributed by atoms with Crippen molar-refractivity contribution in [1.29, 1.82) is 0 Å². The summed E-state index contributed by atoms with van der Waals surface area (Å²) in [5.41, 5.74) is 0.130. The van der Waals surface area contributed by atoms with E-state index < -0.39 is 11.9 Å². The molecule has 4 nitrogen and oxygen atoms in total. The maximum absolute atomic E-state index is 12.9. The van der Waals surface area contributed by atoms with Gasteiger partial charge in [-0.15, -0.1) is 0 Å². The smallest absolute Gasteiger partial charge is 0.340 e. The molecule has 1 aromatic carbocycles. The van der Waals surface area contributed by atoms with Gasteiger partial charge in [0, 0.05) is 37.4 Å². The van der Waals surface area contributed by atoms with E-state index >= 15 is 0 Å². The quantitative estimate of drug-likeness (QED) is 0.788. The monoisotopic (exact) mass is 384 g/mol. The molecule has 1 unspecified atom stereocenters. The molecule has 0 N–H and O–H groups in total. The fourth-order valence-electron chi connectivity index (χ4n) is 3.20. The van der Waals surface area contributed by atoms with E-state index in [4.69, 9.17) is 11.6 Å². The zero-order valence-electron chi connectivity index (χ0n) is 14.4. The van der Waals surface area contributed by atoms with Gasteiger partial charge >= 0.3 is 6.18 Å². The number of likely N-dealkylation sites (N-methyl/N-ethyl adjacent to an activating group) is 1. The number of likely N-dealkylation sites (tertiary alicyclic amines) is 1. The number of alkyl halides is 3. The Bertz CT molecular complexity index is 753. The molecule has 0 aliphatic carbocycles. The first-order valence-electron chi connectivity index (χ1n) is 8.43. The predicted octanol–water partition coefficient (Wildman–Crippen LogP) is 4.25. The van der Waals surface area contributed by atoms with Gasteiger partial charge in [0.05, 0.1) is 0 Å². The number of aromatic nitrogens is 2. The minimum atomic E-state index is -4.47. The second-order valence-corrected chi connectivity index (χ2v) is 6.88. The van der Waals surface area contributed by atoms with Crippen molar-refractivity contribution in [3.05, 3.63) is 52.8 Å². The molecule has 1 saturated heterocycles. The molecule has 1 fully saturated rings. The Morgan fingerprint density at radius 2 is 2.04 bits per heavy atom. The lowest BCUT2D eigenvalue weighted by atomic mass is 10.0. The van der Waals surface area contributed by atoms with Crippen molar-refractivity contribution < 1.29 is 13.2 Å². The Labute approximate surface area is 155 Å². The van der Waals surface area contributed by atoms with Gasteiger partial charge in [0.25, 0.3) is 0 Å². The van der Waals surface area contributed by atoms with E-state index in [1.807, 2.05) is 24.3 Å². The lowest BCUT2D eigenvalue weighted by Gasteiger charge is -2.37. The Morgan fingerprint density at radius 3 is 2.77 bits per heavy atom. The molecular formula is C18H20ClF3N4. The Morgan fingerprint density at radius 1 is 1.27 bits per heavy atom. The molecule has 0 bridgehead atoms. The van der Waals surface area contributed by atoms with Gasteiger partial charge in [0.2, 0.25) is 5.95 Å². The third-order valence-corrected chi connectivity index (χ3v) is 5.00.